The number of halogens is 2. The molecule has 2 aromatic rings. The summed E-state index contributed by atoms with van der Waals surface area (Å²) in [7, 11) is 0. The zero-order valence-corrected chi connectivity index (χ0v) is 12.2. The van der Waals surface area contributed by atoms with Crippen LogP contribution in [0.4, 0.5) is 8.78 Å². The molecule has 0 saturated carbocycles. The molecule has 0 heterocycles. The maximum absolute atomic E-state index is 13.5. The van der Waals surface area contributed by atoms with Crippen LogP contribution >= 0.6 is 0 Å². The maximum Gasteiger partial charge on any atom is 0.132 e. The van der Waals surface area contributed by atoms with Gasteiger partial charge in [-0.15, -0.1) is 0 Å². The third-order valence-corrected chi connectivity index (χ3v) is 3.02. The van der Waals surface area contributed by atoms with Crippen LogP contribution in [0.25, 0.3) is 0 Å². The van der Waals surface area contributed by atoms with E-state index in [0.29, 0.717) is 17.4 Å². The Kier molecular flexibility index (Phi) is 5.28. The molecule has 4 heteroatoms. The van der Waals surface area contributed by atoms with Crippen molar-refractivity contribution in [3.63, 3.8) is 0 Å². The lowest BCUT2D eigenvalue weighted by atomic mass is 10.2. The van der Waals surface area contributed by atoms with Gasteiger partial charge in [-0.25, -0.2) is 8.78 Å². The first kappa shape index (κ1) is 15.4. The molecule has 112 valence electrons. The number of nitrogens with one attached hydrogen (secondary N) is 1. The van der Waals surface area contributed by atoms with Crippen LogP contribution in [0, 0.1) is 11.6 Å². The Labute approximate surface area is 123 Å². The van der Waals surface area contributed by atoms with Gasteiger partial charge in [-0.05, 0) is 29.8 Å². The van der Waals surface area contributed by atoms with Gasteiger partial charge in [0.25, 0.3) is 0 Å². The predicted octanol–water partition coefficient (Wildman–Crippen LogP) is 4.04. The highest BCUT2D eigenvalue weighted by Crippen LogP contribution is 2.17. The number of ether oxygens (including phenoxy) is 1. The smallest absolute Gasteiger partial charge is 0.132 e. The summed E-state index contributed by atoms with van der Waals surface area (Å²) >= 11 is 0. The van der Waals surface area contributed by atoms with Crippen LogP contribution in [-0.2, 0) is 13.2 Å². The molecule has 0 saturated heterocycles. The molecule has 0 radical (unpaired) electrons. The molecule has 2 aromatic carbocycles. The van der Waals surface area contributed by atoms with E-state index in [1.165, 1.54) is 12.1 Å². The van der Waals surface area contributed by atoms with Crippen molar-refractivity contribution in [3.8, 4) is 5.75 Å². The zero-order chi connectivity index (χ0) is 15.2. The van der Waals surface area contributed by atoms with E-state index in [2.05, 4.69) is 19.2 Å². The van der Waals surface area contributed by atoms with Gasteiger partial charge in [-0.1, -0.05) is 26.0 Å². The fraction of sp³-hybridized carbons (Fsp3) is 0.294. The van der Waals surface area contributed by atoms with Crippen LogP contribution in [0.3, 0.4) is 0 Å². The molecule has 1 N–H and O–H groups in total. The summed E-state index contributed by atoms with van der Waals surface area (Å²) < 4.78 is 31.9. The molecule has 0 fully saturated rings. The number of rotatable bonds is 6. The third kappa shape index (κ3) is 4.83. The largest absolute Gasteiger partial charge is 0.489 e. The van der Waals surface area contributed by atoms with E-state index in [4.69, 9.17) is 4.74 Å². The summed E-state index contributed by atoms with van der Waals surface area (Å²) in [6.45, 7) is 4.99. The molecule has 2 nitrogen and oxygen atoms in total. The van der Waals surface area contributed by atoms with Gasteiger partial charge in [0.15, 0.2) is 0 Å². The Hall–Kier alpha value is -1.94. The molecule has 0 amide bonds. The summed E-state index contributed by atoms with van der Waals surface area (Å²) in [6.07, 6.45) is 0. The molecule has 0 aliphatic heterocycles. The second-order valence-electron chi connectivity index (χ2n) is 5.21. The highest BCUT2D eigenvalue weighted by atomic mass is 19.1. The van der Waals surface area contributed by atoms with E-state index in [9.17, 15) is 8.78 Å². The van der Waals surface area contributed by atoms with Gasteiger partial charge in [0, 0.05) is 24.2 Å². The lowest BCUT2D eigenvalue weighted by molar-refractivity contribution is 0.299. The fourth-order valence-corrected chi connectivity index (χ4v) is 1.87. The lowest BCUT2D eigenvalue weighted by Gasteiger charge is -2.11. The third-order valence-electron chi connectivity index (χ3n) is 3.02. The van der Waals surface area contributed by atoms with E-state index in [1.807, 2.05) is 24.3 Å². The molecule has 0 aliphatic rings. The fourth-order valence-electron chi connectivity index (χ4n) is 1.87. The quantitative estimate of drug-likeness (QED) is 0.867. The minimum Gasteiger partial charge on any atom is -0.489 e. The molecule has 0 aromatic heterocycles. The second kappa shape index (κ2) is 7.18. The van der Waals surface area contributed by atoms with Gasteiger partial charge in [-0.2, -0.15) is 0 Å². The van der Waals surface area contributed by atoms with Gasteiger partial charge in [0.05, 0.1) is 0 Å². The van der Waals surface area contributed by atoms with E-state index >= 15 is 0 Å². The van der Waals surface area contributed by atoms with Crippen molar-refractivity contribution in [3.05, 3.63) is 65.2 Å². The van der Waals surface area contributed by atoms with Crippen molar-refractivity contribution in [2.45, 2.75) is 33.0 Å². The first-order chi connectivity index (χ1) is 10.0. The summed E-state index contributed by atoms with van der Waals surface area (Å²) in [4.78, 5) is 0. The van der Waals surface area contributed by atoms with Gasteiger partial charge in [0.1, 0.15) is 24.0 Å². The minimum absolute atomic E-state index is 0.0766. The van der Waals surface area contributed by atoms with Crippen LogP contribution in [0.1, 0.15) is 25.0 Å². The second-order valence-corrected chi connectivity index (χ2v) is 5.21. The van der Waals surface area contributed by atoms with Crippen molar-refractivity contribution in [2.75, 3.05) is 0 Å². The number of hydrogen-bond donors (Lipinski definition) is 1. The first-order valence-electron chi connectivity index (χ1n) is 6.93. The molecule has 21 heavy (non-hydrogen) atoms. The number of hydrogen-bond acceptors (Lipinski definition) is 2. The Bertz CT molecular complexity index is 599. The van der Waals surface area contributed by atoms with Gasteiger partial charge in [-0.3, -0.25) is 0 Å². The van der Waals surface area contributed by atoms with E-state index in [-0.39, 0.29) is 6.61 Å². The average molecular weight is 291 g/mol. The summed E-state index contributed by atoms with van der Waals surface area (Å²) in [5, 5.41) is 3.32. The van der Waals surface area contributed by atoms with Crippen molar-refractivity contribution in [1.29, 1.82) is 0 Å². The number of benzene rings is 2. The van der Waals surface area contributed by atoms with Crippen LogP contribution < -0.4 is 10.1 Å². The molecular weight excluding hydrogens is 272 g/mol. The first-order valence-corrected chi connectivity index (χ1v) is 6.93. The molecule has 0 aliphatic carbocycles. The normalized spacial score (nSPS) is 10.9. The SMILES string of the molecule is CC(C)NCc1cccc(OCc2ccc(F)cc2F)c1. The van der Waals surface area contributed by atoms with Crippen LogP contribution in [0.2, 0.25) is 0 Å². The summed E-state index contributed by atoms with van der Waals surface area (Å²) in [6, 6.07) is 11.5. The summed E-state index contributed by atoms with van der Waals surface area (Å²) in [5.74, 6) is -0.507. The predicted molar refractivity (Wildman–Crippen MR) is 79.1 cm³/mol. The van der Waals surface area contributed by atoms with Crippen molar-refractivity contribution < 1.29 is 13.5 Å². The molecule has 0 atom stereocenters. The van der Waals surface area contributed by atoms with Gasteiger partial charge >= 0.3 is 0 Å². The van der Waals surface area contributed by atoms with Crippen LogP contribution in [0.5, 0.6) is 5.75 Å². The Balaban J connectivity index is 1.98. The molecule has 0 spiro atoms. The zero-order valence-electron chi connectivity index (χ0n) is 12.2. The Morgan fingerprint density at radius 3 is 2.62 bits per heavy atom. The van der Waals surface area contributed by atoms with E-state index < -0.39 is 11.6 Å². The van der Waals surface area contributed by atoms with E-state index in [0.717, 1.165) is 18.2 Å². The molecule has 0 bridgehead atoms. The molecule has 2 rings (SSSR count). The maximum atomic E-state index is 13.5. The minimum atomic E-state index is -0.590. The Morgan fingerprint density at radius 1 is 1.10 bits per heavy atom. The topological polar surface area (TPSA) is 21.3 Å². The Morgan fingerprint density at radius 2 is 1.90 bits per heavy atom. The van der Waals surface area contributed by atoms with Crippen LogP contribution in [-0.4, -0.2) is 6.04 Å². The van der Waals surface area contributed by atoms with Crippen molar-refractivity contribution >= 4 is 0 Å². The van der Waals surface area contributed by atoms with Gasteiger partial charge < -0.3 is 10.1 Å². The average Bonchev–Trinajstić information content (AvgIpc) is 2.45. The highest BCUT2D eigenvalue weighted by Gasteiger charge is 2.05. The van der Waals surface area contributed by atoms with Crippen LogP contribution in [0.15, 0.2) is 42.5 Å². The molecule has 0 unspecified atom stereocenters. The summed E-state index contributed by atoms with van der Waals surface area (Å²) in [5.41, 5.74) is 1.43. The van der Waals surface area contributed by atoms with Crippen molar-refractivity contribution in [2.24, 2.45) is 0 Å². The molecular formula is C17H19F2NO. The highest BCUT2D eigenvalue weighted by molar-refractivity contribution is 5.29. The lowest BCUT2D eigenvalue weighted by Crippen LogP contribution is -2.21. The standard InChI is InChI=1S/C17H19F2NO/c1-12(2)20-10-13-4-3-5-16(8-13)21-11-14-6-7-15(18)9-17(14)19/h3-9,12,20H,10-11H2,1-2H3. The van der Waals surface area contributed by atoms with Gasteiger partial charge in [0.2, 0.25) is 0 Å². The monoisotopic (exact) mass is 291 g/mol. The van der Waals surface area contributed by atoms with E-state index in [1.54, 1.807) is 0 Å². The van der Waals surface area contributed by atoms with Crippen molar-refractivity contribution in [1.82, 2.24) is 5.32 Å².